The first-order valence-electron chi connectivity index (χ1n) is 10.8. The molecule has 1 fully saturated rings. The maximum atomic E-state index is 12.9. The van der Waals surface area contributed by atoms with E-state index in [1.54, 1.807) is 0 Å². The van der Waals surface area contributed by atoms with Crippen LogP contribution in [0.4, 0.5) is 15.6 Å². The summed E-state index contributed by atoms with van der Waals surface area (Å²) in [6.07, 6.45) is 1.93. The molecule has 2 aliphatic heterocycles. The van der Waals surface area contributed by atoms with Gasteiger partial charge in [-0.15, -0.1) is 11.3 Å². The zero-order valence-corrected chi connectivity index (χ0v) is 18.4. The quantitative estimate of drug-likeness (QED) is 0.600. The lowest BCUT2D eigenvalue weighted by Crippen LogP contribution is -2.43. The van der Waals surface area contributed by atoms with E-state index in [4.69, 9.17) is 4.74 Å². The van der Waals surface area contributed by atoms with Crippen LogP contribution >= 0.6 is 11.3 Å². The largest absolute Gasteiger partial charge is 0.445 e. The fourth-order valence-corrected chi connectivity index (χ4v) is 4.90. The molecule has 2 N–H and O–H groups in total. The van der Waals surface area contributed by atoms with Crippen molar-refractivity contribution in [1.29, 1.82) is 0 Å². The maximum absolute atomic E-state index is 12.9. The van der Waals surface area contributed by atoms with Gasteiger partial charge in [-0.1, -0.05) is 36.4 Å². The number of likely N-dealkylation sites (tertiary alicyclic amines) is 1. The minimum Gasteiger partial charge on any atom is -0.445 e. The molecule has 3 heterocycles. The normalized spacial score (nSPS) is 17.0. The van der Waals surface area contributed by atoms with Gasteiger partial charge in [0, 0.05) is 29.7 Å². The predicted molar refractivity (Wildman–Crippen MR) is 125 cm³/mol. The summed E-state index contributed by atoms with van der Waals surface area (Å²) in [6.45, 7) is 1.66. The van der Waals surface area contributed by atoms with E-state index in [1.807, 2.05) is 41.8 Å². The molecular formula is C24H24N4O3S. The third-order valence-electron chi connectivity index (χ3n) is 5.84. The molecule has 1 unspecified atom stereocenters. The first kappa shape index (κ1) is 20.5. The van der Waals surface area contributed by atoms with Gasteiger partial charge in [0.25, 0.3) is 0 Å². The van der Waals surface area contributed by atoms with Gasteiger partial charge >= 0.3 is 6.09 Å². The Labute approximate surface area is 190 Å². The van der Waals surface area contributed by atoms with Crippen LogP contribution in [0.3, 0.4) is 0 Å². The van der Waals surface area contributed by atoms with Crippen LogP contribution in [0.5, 0.6) is 0 Å². The molecule has 5 rings (SSSR count). The molecule has 164 valence electrons. The molecule has 32 heavy (non-hydrogen) atoms. The zero-order valence-electron chi connectivity index (χ0n) is 17.5. The Kier molecular flexibility index (Phi) is 5.77. The molecule has 2 amide bonds. The number of ether oxygens (including phenoxy) is 1. The number of carbonyl (C=O) groups is 2. The summed E-state index contributed by atoms with van der Waals surface area (Å²) in [6, 6.07) is 15.2. The first-order chi connectivity index (χ1) is 15.7. The van der Waals surface area contributed by atoms with Crippen LogP contribution in [0.2, 0.25) is 0 Å². The second-order valence-corrected chi connectivity index (χ2v) is 8.83. The van der Waals surface area contributed by atoms with E-state index >= 15 is 0 Å². The van der Waals surface area contributed by atoms with Crippen molar-refractivity contribution < 1.29 is 14.3 Å². The summed E-state index contributed by atoms with van der Waals surface area (Å²) in [5, 5.41) is 8.73. The Balaban J connectivity index is 1.21. The number of carbonyl (C=O) groups excluding carboxylic acids is 2. The van der Waals surface area contributed by atoms with Gasteiger partial charge in [-0.25, -0.2) is 9.78 Å². The fraction of sp³-hybridized carbons (Fsp3) is 0.292. The summed E-state index contributed by atoms with van der Waals surface area (Å²) in [7, 11) is 0. The van der Waals surface area contributed by atoms with Gasteiger partial charge in [0.15, 0.2) is 5.13 Å². The minimum absolute atomic E-state index is 0.191. The lowest BCUT2D eigenvalue weighted by molar-refractivity contribution is -0.120. The van der Waals surface area contributed by atoms with Crippen molar-refractivity contribution in [2.24, 2.45) is 0 Å². The number of anilines is 2. The van der Waals surface area contributed by atoms with Gasteiger partial charge < -0.3 is 15.4 Å². The highest BCUT2D eigenvalue weighted by Gasteiger charge is 2.35. The first-order valence-corrected chi connectivity index (χ1v) is 11.7. The number of aromatic nitrogens is 1. The van der Waals surface area contributed by atoms with Gasteiger partial charge in [0.05, 0.1) is 5.69 Å². The number of thiazole rings is 1. The molecule has 2 aliphatic rings. The number of hydrogen-bond donors (Lipinski definition) is 2. The monoisotopic (exact) mass is 448 g/mol. The van der Waals surface area contributed by atoms with E-state index in [9.17, 15) is 9.59 Å². The summed E-state index contributed by atoms with van der Waals surface area (Å²) in [4.78, 5) is 31.6. The van der Waals surface area contributed by atoms with Crippen LogP contribution in [0.25, 0.3) is 11.3 Å². The molecule has 1 saturated heterocycles. The van der Waals surface area contributed by atoms with Gasteiger partial charge in [0.1, 0.15) is 12.6 Å². The SMILES string of the molecule is O=C(Nc1nc(-c2ccc3c(c2)CCN3)cs1)C1CCCN1C(=O)OCc1ccccc1. The molecule has 0 bridgehead atoms. The number of benzene rings is 2. The second kappa shape index (κ2) is 9.00. The van der Waals surface area contributed by atoms with Gasteiger partial charge in [-0.3, -0.25) is 9.69 Å². The highest BCUT2D eigenvalue weighted by molar-refractivity contribution is 7.14. The molecule has 7 nitrogen and oxygen atoms in total. The smallest absolute Gasteiger partial charge is 0.410 e. The highest BCUT2D eigenvalue weighted by Crippen LogP contribution is 2.31. The molecule has 0 spiro atoms. The topological polar surface area (TPSA) is 83.6 Å². The Morgan fingerprint density at radius 1 is 1.22 bits per heavy atom. The Morgan fingerprint density at radius 2 is 2.09 bits per heavy atom. The van der Waals surface area contributed by atoms with Crippen LogP contribution in [-0.2, 0) is 22.6 Å². The van der Waals surface area contributed by atoms with E-state index in [-0.39, 0.29) is 12.5 Å². The standard InChI is InChI=1S/C24H24N4O3S/c29-22(21-7-4-12-28(21)24(30)31-14-16-5-2-1-3-6-16)27-23-26-20(15-32-23)17-8-9-19-18(13-17)10-11-25-19/h1-3,5-6,8-9,13,15,21,25H,4,7,10-12,14H2,(H,26,27,29). The van der Waals surface area contributed by atoms with Crippen LogP contribution < -0.4 is 10.6 Å². The number of nitrogens with zero attached hydrogens (tertiary/aromatic N) is 2. The summed E-state index contributed by atoms with van der Waals surface area (Å²) >= 11 is 1.39. The van der Waals surface area contributed by atoms with Crippen LogP contribution in [0.15, 0.2) is 53.9 Å². The second-order valence-electron chi connectivity index (χ2n) is 7.97. The molecule has 0 radical (unpaired) electrons. The van der Waals surface area contributed by atoms with E-state index in [0.717, 1.165) is 36.2 Å². The number of nitrogens with one attached hydrogen (secondary N) is 2. The van der Waals surface area contributed by atoms with E-state index in [1.165, 1.54) is 27.5 Å². The van der Waals surface area contributed by atoms with Gasteiger partial charge in [-0.2, -0.15) is 0 Å². The molecular weight excluding hydrogens is 424 g/mol. The van der Waals surface area contributed by atoms with Gasteiger partial charge in [0.2, 0.25) is 5.91 Å². The molecule has 2 aromatic carbocycles. The van der Waals surface area contributed by atoms with Crippen molar-refractivity contribution in [3.63, 3.8) is 0 Å². The van der Waals surface area contributed by atoms with Crippen molar-refractivity contribution >= 4 is 34.2 Å². The molecule has 0 saturated carbocycles. The lowest BCUT2D eigenvalue weighted by atomic mass is 10.1. The van der Waals surface area contributed by atoms with Crippen molar-refractivity contribution in [1.82, 2.24) is 9.88 Å². The maximum Gasteiger partial charge on any atom is 0.410 e. The van der Waals surface area contributed by atoms with E-state index < -0.39 is 12.1 Å². The Hall–Kier alpha value is -3.39. The van der Waals surface area contributed by atoms with Crippen molar-refractivity contribution in [3.8, 4) is 11.3 Å². The van der Waals surface area contributed by atoms with Crippen molar-refractivity contribution in [2.75, 3.05) is 23.7 Å². The number of amides is 2. The minimum atomic E-state index is -0.545. The molecule has 1 atom stereocenters. The number of fused-ring (bicyclic) bond motifs is 1. The third-order valence-corrected chi connectivity index (χ3v) is 6.60. The average Bonchev–Trinajstić information content (AvgIpc) is 3.58. The van der Waals surface area contributed by atoms with E-state index in [2.05, 4.69) is 27.8 Å². The predicted octanol–water partition coefficient (Wildman–Crippen LogP) is 4.52. The summed E-state index contributed by atoms with van der Waals surface area (Å²) in [5.74, 6) is -0.224. The highest BCUT2D eigenvalue weighted by atomic mass is 32.1. The Morgan fingerprint density at radius 3 is 2.97 bits per heavy atom. The van der Waals surface area contributed by atoms with Crippen LogP contribution in [-0.4, -0.2) is 41.0 Å². The van der Waals surface area contributed by atoms with Crippen LogP contribution in [0, 0.1) is 0 Å². The van der Waals surface area contributed by atoms with Crippen molar-refractivity contribution in [2.45, 2.75) is 31.9 Å². The average molecular weight is 449 g/mol. The number of rotatable bonds is 5. The van der Waals surface area contributed by atoms with Crippen molar-refractivity contribution in [3.05, 3.63) is 65.0 Å². The van der Waals surface area contributed by atoms with E-state index in [0.29, 0.717) is 18.1 Å². The molecule has 0 aliphatic carbocycles. The lowest BCUT2D eigenvalue weighted by Gasteiger charge is -2.22. The summed E-state index contributed by atoms with van der Waals surface area (Å²) < 4.78 is 5.43. The third kappa shape index (κ3) is 4.31. The Bertz CT molecular complexity index is 1130. The number of hydrogen-bond acceptors (Lipinski definition) is 6. The molecule has 3 aromatic rings. The fourth-order valence-electron chi connectivity index (χ4n) is 4.18. The zero-order chi connectivity index (χ0) is 21.9. The van der Waals surface area contributed by atoms with Gasteiger partial charge in [-0.05, 0) is 42.5 Å². The molecule has 8 heteroatoms. The van der Waals surface area contributed by atoms with Crippen LogP contribution in [0.1, 0.15) is 24.0 Å². The molecule has 1 aromatic heterocycles. The summed E-state index contributed by atoms with van der Waals surface area (Å²) in [5.41, 5.74) is 5.26.